The standard InChI is InChI=1S/C25H18ClN3O2/c26-23-18(10-7-15-27-23)16-21(24(30)28-19-11-2-1-3-12-19)25(31)29-22-14-6-9-17-8-4-5-13-20(17)22/h1-16H,(H,28,30)(H,29,31)/b21-16-. The van der Waals surface area contributed by atoms with Crippen LogP contribution in [0.15, 0.2) is 96.7 Å². The van der Waals surface area contributed by atoms with Crippen molar-refractivity contribution in [1.82, 2.24) is 4.98 Å². The third kappa shape index (κ3) is 4.79. The van der Waals surface area contributed by atoms with Gasteiger partial charge in [-0.15, -0.1) is 0 Å². The maximum Gasteiger partial charge on any atom is 0.261 e. The molecule has 0 aliphatic heterocycles. The molecule has 2 amide bonds. The van der Waals surface area contributed by atoms with E-state index in [0.717, 1.165) is 10.8 Å². The van der Waals surface area contributed by atoms with Gasteiger partial charge in [-0.25, -0.2) is 4.98 Å². The Labute approximate surface area is 184 Å². The topological polar surface area (TPSA) is 71.1 Å². The molecular weight excluding hydrogens is 410 g/mol. The molecule has 1 aromatic heterocycles. The van der Waals surface area contributed by atoms with Crippen molar-refractivity contribution >= 4 is 51.6 Å². The van der Waals surface area contributed by atoms with E-state index in [4.69, 9.17) is 11.6 Å². The lowest BCUT2D eigenvalue weighted by atomic mass is 10.1. The largest absolute Gasteiger partial charge is 0.322 e. The van der Waals surface area contributed by atoms with Crippen LogP contribution >= 0.6 is 11.6 Å². The van der Waals surface area contributed by atoms with Gasteiger partial charge in [-0.1, -0.05) is 72.3 Å². The highest BCUT2D eigenvalue weighted by molar-refractivity contribution is 6.33. The summed E-state index contributed by atoms with van der Waals surface area (Å²) < 4.78 is 0. The number of aromatic nitrogens is 1. The highest BCUT2D eigenvalue weighted by atomic mass is 35.5. The molecule has 4 aromatic rings. The van der Waals surface area contributed by atoms with Crippen molar-refractivity contribution in [2.75, 3.05) is 10.6 Å². The van der Waals surface area contributed by atoms with Gasteiger partial charge in [0, 0.05) is 28.5 Å². The molecule has 0 saturated carbocycles. The van der Waals surface area contributed by atoms with Gasteiger partial charge in [-0.2, -0.15) is 0 Å². The van der Waals surface area contributed by atoms with E-state index in [1.165, 1.54) is 6.08 Å². The Balaban J connectivity index is 1.70. The summed E-state index contributed by atoms with van der Waals surface area (Å²) in [5, 5.41) is 7.67. The fourth-order valence-corrected chi connectivity index (χ4v) is 3.31. The fraction of sp³-hybridized carbons (Fsp3) is 0. The number of nitrogens with zero attached hydrogens (tertiary/aromatic N) is 1. The lowest BCUT2D eigenvalue weighted by Crippen LogP contribution is -2.25. The van der Waals surface area contributed by atoms with Gasteiger partial charge in [0.15, 0.2) is 0 Å². The summed E-state index contributed by atoms with van der Waals surface area (Å²) in [6, 6.07) is 25.6. The second kappa shape index (κ2) is 9.24. The molecule has 152 valence electrons. The number of amides is 2. The lowest BCUT2D eigenvalue weighted by molar-refractivity contribution is -0.118. The molecule has 1 heterocycles. The van der Waals surface area contributed by atoms with E-state index in [-0.39, 0.29) is 10.7 Å². The molecule has 0 aliphatic rings. The fourth-order valence-electron chi connectivity index (χ4n) is 3.14. The Morgan fingerprint density at radius 2 is 1.48 bits per heavy atom. The lowest BCUT2D eigenvalue weighted by Gasteiger charge is -2.12. The summed E-state index contributed by atoms with van der Waals surface area (Å²) in [5.74, 6) is -1.10. The van der Waals surface area contributed by atoms with Gasteiger partial charge in [0.1, 0.15) is 10.7 Å². The third-order valence-corrected chi connectivity index (χ3v) is 4.96. The molecule has 0 radical (unpaired) electrons. The van der Waals surface area contributed by atoms with Crippen LogP contribution in [0.25, 0.3) is 16.8 Å². The van der Waals surface area contributed by atoms with Crippen LogP contribution in [-0.4, -0.2) is 16.8 Å². The van der Waals surface area contributed by atoms with Gasteiger partial charge >= 0.3 is 0 Å². The second-order valence-electron chi connectivity index (χ2n) is 6.74. The number of halogens is 1. The number of carbonyl (C=O) groups is 2. The van der Waals surface area contributed by atoms with E-state index in [1.54, 1.807) is 48.7 Å². The summed E-state index contributed by atoms with van der Waals surface area (Å²) in [4.78, 5) is 30.2. The monoisotopic (exact) mass is 427 g/mol. The average Bonchev–Trinajstić information content (AvgIpc) is 2.79. The highest BCUT2D eigenvalue weighted by Crippen LogP contribution is 2.24. The molecule has 0 atom stereocenters. The first-order chi connectivity index (χ1) is 15.1. The number of nitrogens with one attached hydrogen (secondary N) is 2. The van der Waals surface area contributed by atoms with Crippen LogP contribution in [-0.2, 0) is 9.59 Å². The number of para-hydroxylation sites is 1. The van der Waals surface area contributed by atoms with Crippen LogP contribution in [0.5, 0.6) is 0 Å². The van der Waals surface area contributed by atoms with Gasteiger partial charge in [-0.3, -0.25) is 9.59 Å². The minimum atomic E-state index is -0.552. The minimum absolute atomic E-state index is 0.0910. The molecule has 0 saturated heterocycles. The first kappa shape index (κ1) is 20.3. The van der Waals surface area contributed by atoms with E-state index < -0.39 is 11.8 Å². The van der Waals surface area contributed by atoms with Crippen molar-refractivity contribution in [3.05, 3.63) is 107 Å². The molecule has 0 unspecified atom stereocenters. The van der Waals surface area contributed by atoms with Crippen LogP contribution in [0.1, 0.15) is 5.56 Å². The zero-order valence-electron chi connectivity index (χ0n) is 16.4. The smallest absolute Gasteiger partial charge is 0.261 e. The maximum atomic E-state index is 13.2. The van der Waals surface area contributed by atoms with E-state index in [2.05, 4.69) is 15.6 Å². The van der Waals surface area contributed by atoms with Crippen molar-refractivity contribution in [3.8, 4) is 0 Å². The third-order valence-electron chi connectivity index (χ3n) is 4.65. The second-order valence-corrected chi connectivity index (χ2v) is 7.10. The summed E-state index contributed by atoms with van der Waals surface area (Å²) >= 11 is 6.16. The number of hydrogen-bond donors (Lipinski definition) is 2. The summed E-state index contributed by atoms with van der Waals surface area (Å²) in [7, 11) is 0. The summed E-state index contributed by atoms with van der Waals surface area (Å²) in [5.41, 5.74) is 1.56. The molecule has 0 aliphatic carbocycles. The molecule has 0 fully saturated rings. The Bertz CT molecular complexity index is 1280. The molecule has 5 nitrogen and oxygen atoms in total. The first-order valence-corrected chi connectivity index (χ1v) is 9.97. The van der Waals surface area contributed by atoms with Gasteiger partial charge < -0.3 is 10.6 Å². The van der Waals surface area contributed by atoms with E-state index in [0.29, 0.717) is 16.9 Å². The summed E-state index contributed by atoms with van der Waals surface area (Å²) in [6.45, 7) is 0. The van der Waals surface area contributed by atoms with E-state index in [9.17, 15) is 9.59 Å². The molecular formula is C25H18ClN3O2. The number of benzene rings is 3. The van der Waals surface area contributed by atoms with Gasteiger partial charge in [0.05, 0.1) is 0 Å². The predicted octanol–water partition coefficient (Wildman–Crippen LogP) is 5.55. The van der Waals surface area contributed by atoms with Crippen LogP contribution < -0.4 is 10.6 Å². The zero-order valence-corrected chi connectivity index (χ0v) is 17.1. The Hall–Kier alpha value is -3.96. The Morgan fingerprint density at radius 3 is 2.29 bits per heavy atom. The summed E-state index contributed by atoms with van der Waals surface area (Å²) in [6.07, 6.45) is 2.98. The normalized spacial score (nSPS) is 11.2. The molecule has 31 heavy (non-hydrogen) atoms. The predicted molar refractivity (Wildman–Crippen MR) is 125 cm³/mol. The number of hydrogen-bond acceptors (Lipinski definition) is 3. The molecule has 3 aromatic carbocycles. The molecule has 0 spiro atoms. The van der Waals surface area contributed by atoms with E-state index >= 15 is 0 Å². The number of pyridine rings is 1. The van der Waals surface area contributed by atoms with Crippen LogP contribution in [0, 0.1) is 0 Å². The minimum Gasteiger partial charge on any atom is -0.322 e. The zero-order chi connectivity index (χ0) is 21.6. The maximum absolute atomic E-state index is 13.2. The Kier molecular flexibility index (Phi) is 6.05. The highest BCUT2D eigenvalue weighted by Gasteiger charge is 2.20. The molecule has 6 heteroatoms. The number of rotatable bonds is 5. The van der Waals surface area contributed by atoms with Gasteiger partial charge in [0.25, 0.3) is 11.8 Å². The van der Waals surface area contributed by atoms with Crippen LogP contribution in [0.2, 0.25) is 5.15 Å². The molecule has 0 bridgehead atoms. The van der Waals surface area contributed by atoms with Crippen molar-refractivity contribution in [3.63, 3.8) is 0 Å². The van der Waals surface area contributed by atoms with Crippen LogP contribution in [0.4, 0.5) is 11.4 Å². The number of carbonyl (C=O) groups excluding carboxylic acids is 2. The average molecular weight is 428 g/mol. The SMILES string of the molecule is O=C(Nc1ccccc1)/C(=C/c1cccnc1Cl)C(=O)Nc1cccc2ccccc12. The Morgan fingerprint density at radius 1 is 0.774 bits per heavy atom. The van der Waals surface area contributed by atoms with Gasteiger partial charge in [-0.05, 0) is 35.7 Å². The van der Waals surface area contributed by atoms with Crippen molar-refractivity contribution < 1.29 is 9.59 Å². The van der Waals surface area contributed by atoms with Crippen molar-refractivity contribution in [2.24, 2.45) is 0 Å². The number of fused-ring (bicyclic) bond motifs is 1. The van der Waals surface area contributed by atoms with Crippen LogP contribution in [0.3, 0.4) is 0 Å². The van der Waals surface area contributed by atoms with E-state index in [1.807, 2.05) is 42.5 Å². The molecule has 2 N–H and O–H groups in total. The van der Waals surface area contributed by atoms with Crippen molar-refractivity contribution in [1.29, 1.82) is 0 Å². The van der Waals surface area contributed by atoms with Gasteiger partial charge in [0.2, 0.25) is 0 Å². The van der Waals surface area contributed by atoms with Crippen molar-refractivity contribution in [2.45, 2.75) is 0 Å². The first-order valence-electron chi connectivity index (χ1n) is 9.59. The number of anilines is 2. The molecule has 4 rings (SSSR count). The quantitative estimate of drug-likeness (QED) is 0.190.